The van der Waals surface area contributed by atoms with Crippen molar-refractivity contribution >= 4 is 28.5 Å². The SMILES string of the molecule is O=C(COc1ccccc1)NCCc1nc2ccccc2n1Cc1ccc(Cl)cc1. The zero-order valence-electron chi connectivity index (χ0n) is 16.4. The van der Waals surface area contributed by atoms with Gasteiger partial charge in [-0.15, -0.1) is 0 Å². The number of hydrogen-bond donors (Lipinski definition) is 1. The number of fused-ring (bicyclic) bond motifs is 1. The number of nitrogens with zero attached hydrogens (tertiary/aromatic N) is 2. The monoisotopic (exact) mass is 419 g/mol. The van der Waals surface area contributed by atoms with Crippen molar-refractivity contribution in [3.8, 4) is 5.75 Å². The van der Waals surface area contributed by atoms with Gasteiger partial charge in [-0.3, -0.25) is 4.79 Å². The van der Waals surface area contributed by atoms with Crippen LogP contribution < -0.4 is 10.1 Å². The number of aromatic nitrogens is 2. The molecule has 0 radical (unpaired) electrons. The van der Waals surface area contributed by atoms with Gasteiger partial charge in [0.2, 0.25) is 0 Å². The molecule has 1 amide bonds. The van der Waals surface area contributed by atoms with Gasteiger partial charge in [0.1, 0.15) is 11.6 Å². The van der Waals surface area contributed by atoms with Crippen LogP contribution >= 0.6 is 11.6 Å². The average Bonchev–Trinajstić information content (AvgIpc) is 3.12. The molecule has 0 saturated carbocycles. The molecule has 0 unspecified atom stereocenters. The number of rotatable bonds is 8. The molecular formula is C24H22ClN3O2. The summed E-state index contributed by atoms with van der Waals surface area (Å²) in [6, 6.07) is 25.2. The van der Waals surface area contributed by atoms with Gasteiger partial charge in [-0.25, -0.2) is 4.98 Å². The van der Waals surface area contributed by atoms with E-state index in [0.717, 1.165) is 27.4 Å². The van der Waals surface area contributed by atoms with Crippen LogP contribution in [0.15, 0.2) is 78.9 Å². The van der Waals surface area contributed by atoms with E-state index < -0.39 is 0 Å². The van der Waals surface area contributed by atoms with Gasteiger partial charge in [0.15, 0.2) is 6.61 Å². The van der Waals surface area contributed by atoms with Crippen LogP contribution in [0.2, 0.25) is 5.02 Å². The fourth-order valence-corrected chi connectivity index (χ4v) is 3.42. The van der Waals surface area contributed by atoms with Crippen molar-refractivity contribution in [3.63, 3.8) is 0 Å². The molecule has 0 aliphatic heterocycles. The molecule has 0 fully saturated rings. The van der Waals surface area contributed by atoms with E-state index in [2.05, 4.69) is 16.0 Å². The van der Waals surface area contributed by atoms with Crippen LogP contribution in [-0.2, 0) is 17.8 Å². The molecule has 30 heavy (non-hydrogen) atoms. The van der Waals surface area contributed by atoms with E-state index in [1.807, 2.05) is 72.8 Å². The minimum Gasteiger partial charge on any atom is -0.484 e. The van der Waals surface area contributed by atoms with Crippen LogP contribution in [-0.4, -0.2) is 28.6 Å². The Morgan fingerprint density at radius 1 is 0.967 bits per heavy atom. The molecule has 4 rings (SSSR count). The van der Waals surface area contributed by atoms with Gasteiger partial charge in [0.05, 0.1) is 11.0 Å². The normalized spacial score (nSPS) is 10.8. The average molecular weight is 420 g/mol. The first-order valence-corrected chi connectivity index (χ1v) is 10.2. The number of hydrogen-bond acceptors (Lipinski definition) is 3. The molecular weight excluding hydrogens is 398 g/mol. The van der Waals surface area contributed by atoms with Gasteiger partial charge in [-0.05, 0) is 42.0 Å². The third kappa shape index (κ3) is 4.99. The molecule has 0 aliphatic rings. The topological polar surface area (TPSA) is 56.1 Å². The predicted octanol–water partition coefficient (Wildman–Crippen LogP) is 4.48. The fourth-order valence-electron chi connectivity index (χ4n) is 3.30. The number of halogens is 1. The van der Waals surface area contributed by atoms with Gasteiger partial charge < -0.3 is 14.6 Å². The van der Waals surface area contributed by atoms with Crippen molar-refractivity contribution in [1.29, 1.82) is 0 Å². The summed E-state index contributed by atoms with van der Waals surface area (Å²) >= 11 is 6.01. The summed E-state index contributed by atoms with van der Waals surface area (Å²) in [7, 11) is 0. The molecule has 0 bridgehead atoms. The van der Waals surface area contributed by atoms with Crippen LogP contribution in [0.3, 0.4) is 0 Å². The number of carbonyl (C=O) groups is 1. The molecule has 3 aromatic carbocycles. The first kappa shape index (κ1) is 20.0. The van der Waals surface area contributed by atoms with E-state index in [-0.39, 0.29) is 12.5 Å². The second kappa shape index (κ2) is 9.46. The number of carbonyl (C=O) groups excluding carboxylic acids is 1. The first-order chi connectivity index (χ1) is 14.7. The summed E-state index contributed by atoms with van der Waals surface area (Å²) in [6.07, 6.45) is 0.624. The Morgan fingerprint density at radius 3 is 2.50 bits per heavy atom. The lowest BCUT2D eigenvalue weighted by Crippen LogP contribution is -2.31. The lowest BCUT2D eigenvalue weighted by molar-refractivity contribution is -0.123. The van der Waals surface area contributed by atoms with E-state index in [4.69, 9.17) is 21.3 Å². The van der Waals surface area contributed by atoms with Crippen LogP contribution in [0.4, 0.5) is 0 Å². The van der Waals surface area contributed by atoms with E-state index in [9.17, 15) is 4.79 Å². The van der Waals surface area contributed by atoms with Crippen LogP contribution in [0.1, 0.15) is 11.4 Å². The zero-order chi connectivity index (χ0) is 20.8. The maximum Gasteiger partial charge on any atom is 0.257 e. The number of nitrogens with one attached hydrogen (secondary N) is 1. The lowest BCUT2D eigenvalue weighted by atomic mass is 10.2. The highest BCUT2D eigenvalue weighted by molar-refractivity contribution is 6.30. The van der Waals surface area contributed by atoms with Crippen molar-refractivity contribution in [2.24, 2.45) is 0 Å². The van der Waals surface area contributed by atoms with E-state index in [1.54, 1.807) is 0 Å². The van der Waals surface area contributed by atoms with Gasteiger partial charge in [-0.2, -0.15) is 0 Å². The van der Waals surface area contributed by atoms with E-state index in [0.29, 0.717) is 25.3 Å². The Hall–Kier alpha value is -3.31. The Morgan fingerprint density at radius 2 is 1.70 bits per heavy atom. The van der Waals surface area contributed by atoms with Gasteiger partial charge in [-0.1, -0.05) is 54.1 Å². The molecule has 152 valence electrons. The minimum absolute atomic E-state index is 0.00873. The first-order valence-electron chi connectivity index (χ1n) is 9.82. The molecule has 4 aromatic rings. The fraction of sp³-hybridized carbons (Fsp3) is 0.167. The molecule has 0 aliphatic carbocycles. The predicted molar refractivity (Wildman–Crippen MR) is 119 cm³/mol. The number of amides is 1. The van der Waals surface area contributed by atoms with Crippen LogP contribution in [0, 0.1) is 0 Å². The highest BCUT2D eigenvalue weighted by atomic mass is 35.5. The number of benzene rings is 3. The second-order valence-electron chi connectivity index (χ2n) is 6.93. The zero-order valence-corrected chi connectivity index (χ0v) is 17.2. The molecule has 0 atom stereocenters. The maximum atomic E-state index is 12.1. The summed E-state index contributed by atoms with van der Waals surface area (Å²) < 4.78 is 7.67. The Labute approximate surface area is 180 Å². The summed E-state index contributed by atoms with van der Waals surface area (Å²) in [5.74, 6) is 1.45. The summed E-state index contributed by atoms with van der Waals surface area (Å²) in [5.41, 5.74) is 3.16. The Kier molecular flexibility index (Phi) is 6.30. The number of imidazole rings is 1. The summed E-state index contributed by atoms with van der Waals surface area (Å²) in [5, 5.41) is 3.63. The van der Waals surface area contributed by atoms with Gasteiger partial charge in [0, 0.05) is 24.5 Å². The smallest absolute Gasteiger partial charge is 0.257 e. The van der Waals surface area contributed by atoms with Crippen molar-refractivity contribution in [1.82, 2.24) is 14.9 Å². The second-order valence-corrected chi connectivity index (χ2v) is 7.37. The minimum atomic E-state index is -0.154. The standard InChI is InChI=1S/C24H22ClN3O2/c25-19-12-10-18(11-13-19)16-28-22-9-5-4-8-21(22)27-23(28)14-15-26-24(29)17-30-20-6-2-1-3-7-20/h1-13H,14-17H2,(H,26,29). The molecule has 0 saturated heterocycles. The van der Waals surface area contributed by atoms with E-state index in [1.165, 1.54) is 0 Å². The van der Waals surface area contributed by atoms with Gasteiger partial charge >= 0.3 is 0 Å². The van der Waals surface area contributed by atoms with Crippen molar-refractivity contribution in [2.45, 2.75) is 13.0 Å². The highest BCUT2D eigenvalue weighted by Gasteiger charge is 2.11. The lowest BCUT2D eigenvalue weighted by Gasteiger charge is -2.11. The maximum absolute atomic E-state index is 12.1. The van der Waals surface area contributed by atoms with Crippen molar-refractivity contribution < 1.29 is 9.53 Å². The quantitative estimate of drug-likeness (QED) is 0.458. The molecule has 1 N–H and O–H groups in total. The Bertz CT molecular complexity index is 1120. The molecule has 1 aromatic heterocycles. The molecule has 1 heterocycles. The molecule has 6 heteroatoms. The van der Waals surface area contributed by atoms with Crippen LogP contribution in [0.5, 0.6) is 5.75 Å². The summed E-state index contributed by atoms with van der Waals surface area (Å²) in [6.45, 7) is 1.17. The third-order valence-corrected chi connectivity index (χ3v) is 5.02. The summed E-state index contributed by atoms with van der Waals surface area (Å²) in [4.78, 5) is 16.9. The highest BCUT2D eigenvalue weighted by Crippen LogP contribution is 2.19. The number of ether oxygens (including phenoxy) is 1. The molecule has 0 spiro atoms. The van der Waals surface area contributed by atoms with E-state index >= 15 is 0 Å². The van der Waals surface area contributed by atoms with Crippen LogP contribution in [0.25, 0.3) is 11.0 Å². The largest absolute Gasteiger partial charge is 0.484 e. The third-order valence-electron chi connectivity index (χ3n) is 4.77. The Balaban J connectivity index is 1.40. The van der Waals surface area contributed by atoms with Crippen molar-refractivity contribution in [2.75, 3.05) is 13.2 Å². The van der Waals surface area contributed by atoms with Crippen molar-refractivity contribution in [3.05, 3.63) is 95.3 Å². The number of para-hydroxylation sites is 3. The van der Waals surface area contributed by atoms with Gasteiger partial charge in [0.25, 0.3) is 5.91 Å². The molecule has 5 nitrogen and oxygen atoms in total.